The summed E-state index contributed by atoms with van der Waals surface area (Å²) >= 11 is 6.04. The fourth-order valence-electron chi connectivity index (χ4n) is 2.79. The van der Waals surface area contributed by atoms with Crippen LogP contribution in [0.5, 0.6) is 0 Å². The highest BCUT2D eigenvalue weighted by molar-refractivity contribution is 6.33. The van der Waals surface area contributed by atoms with Gasteiger partial charge in [-0.2, -0.15) is 13.2 Å². The Morgan fingerprint density at radius 2 is 1.95 bits per heavy atom. The molecule has 1 aliphatic rings. The zero-order chi connectivity index (χ0) is 15.5. The van der Waals surface area contributed by atoms with Crippen molar-refractivity contribution in [1.29, 1.82) is 0 Å². The number of pyridine rings is 1. The van der Waals surface area contributed by atoms with Gasteiger partial charge >= 0.3 is 6.18 Å². The van der Waals surface area contributed by atoms with Crippen molar-refractivity contribution < 1.29 is 13.2 Å². The molecule has 0 spiro atoms. The number of rotatable bonds is 4. The first kappa shape index (κ1) is 16.4. The van der Waals surface area contributed by atoms with E-state index >= 15 is 0 Å². The number of halogens is 4. The zero-order valence-corrected chi connectivity index (χ0v) is 12.4. The lowest BCUT2D eigenvalue weighted by Crippen LogP contribution is -2.40. The fraction of sp³-hybridized carbons (Fsp3) is 0.643. The number of alkyl halides is 3. The third kappa shape index (κ3) is 4.01. The van der Waals surface area contributed by atoms with Crippen molar-refractivity contribution in [2.75, 3.05) is 18.0 Å². The van der Waals surface area contributed by atoms with E-state index in [2.05, 4.69) is 4.98 Å². The summed E-state index contributed by atoms with van der Waals surface area (Å²) in [5.41, 5.74) is 4.80. The van der Waals surface area contributed by atoms with Crippen LogP contribution in [0.25, 0.3) is 0 Å². The summed E-state index contributed by atoms with van der Waals surface area (Å²) in [6.07, 6.45) is 1.83. The molecule has 0 saturated heterocycles. The molecule has 0 aliphatic heterocycles. The van der Waals surface area contributed by atoms with Crippen molar-refractivity contribution in [3.63, 3.8) is 0 Å². The van der Waals surface area contributed by atoms with Crippen LogP contribution in [0, 0.1) is 0 Å². The predicted molar refractivity (Wildman–Crippen MR) is 77.5 cm³/mol. The topological polar surface area (TPSA) is 42.1 Å². The Morgan fingerprint density at radius 3 is 2.48 bits per heavy atom. The van der Waals surface area contributed by atoms with Gasteiger partial charge in [0.05, 0.1) is 10.6 Å². The van der Waals surface area contributed by atoms with Gasteiger partial charge in [0.25, 0.3) is 0 Å². The molecule has 0 atom stereocenters. The van der Waals surface area contributed by atoms with E-state index in [1.54, 1.807) is 0 Å². The first-order chi connectivity index (χ1) is 9.93. The fourth-order valence-corrected chi connectivity index (χ4v) is 3.07. The highest BCUT2D eigenvalue weighted by atomic mass is 35.5. The number of nitrogens with two attached hydrogens (primary N) is 1. The van der Waals surface area contributed by atoms with Gasteiger partial charge in [-0.25, -0.2) is 4.98 Å². The third-order valence-electron chi connectivity index (χ3n) is 3.81. The van der Waals surface area contributed by atoms with Crippen molar-refractivity contribution in [3.05, 3.63) is 22.8 Å². The van der Waals surface area contributed by atoms with Crippen LogP contribution in [-0.2, 0) is 6.18 Å². The van der Waals surface area contributed by atoms with E-state index in [1.807, 2.05) is 4.90 Å². The molecule has 0 radical (unpaired) electrons. The van der Waals surface area contributed by atoms with Gasteiger partial charge in [-0.1, -0.05) is 30.9 Å². The van der Waals surface area contributed by atoms with E-state index in [-0.39, 0.29) is 11.1 Å². The van der Waals surface area contributed by atoms with Crippen molar-refractivity contribution in [3.8, 4) is 0 Å². The number of hydrogen-bond acceptors (Lipinski definition) is 3. The van der Waals surface area contributed by atoms with E-state index in [1.165, 1.54) is 6.42 Å². The van der Waals surface area contributed by atoms with Crippen LogP contribution in [0.4, 0.5) is 19.0 Å². The summed E-state index contributed by atoms with van der Waals surface area (Å²) in [5, 5.41) is 0.0313. The standard InChI is InChI=1S/C14H19ClF3N3/c15-12-8-10(14(16,17)18)9-20-13(12)21(7-6-19)11-4-2-1-3-5-11/h8-9,11H,1-7,19H2. The summed E-state index contributed by atoms with van der Waals surface area (Å²) in [4.78, 5) is 5.92. The van der Waals surface area contributed by atoms with Crippen LogP contribution in [-0.4, -0.2) is 24.1 Å². The van der Waals surface area contributed by atoms with E-state index in [0.29, 0.717) is 18.9 Å². The number of anilines is 1. The molecule has 21 heavy (non-hydrogen) atoms. The maximum atomic E-state index is 12.7. The first-order valence-electron chi connectivity index (χ1n) is 7.13. The van der Waals surface area contributed by atoms with Crippen LogP contribution in [0.1, 0.15) is 37.7 Å². The molecule has 0 bridgehead atoms. The Morgan fingerprint density at radius 1 is 1.29 bits per heavy atom. The van der Waals surface area contributed by atoms with E-state index < -0.39 is 11.7 Å². The second-order valence-electron chi connectivity index (χ2n) is 5.30. The smallest absolute Gasteiger partial charge is 0.351 e. The second-order valence-corrected chi connectivity index (χ2v) is 5.71. The predicted octanol–water partition coefficient (Wildman–Crippen LogP) is 3.85. The van der Waals surface area contributed by atoms with E-state index in [9.17, 15) is 13.2 Å². The summed E-state index contributed by atoms with van der Waals surface area (Å²) in [7, 11) is 0. The Hall–Kier alpha value is -1.01. The molecule has 118 valence electrons. The molecule has 3 nitrogen and oxygen atoms in total. The number of hydrogen-bond donors (Lipinski definition) is 1. The monoisotopic (exact) mass is 321 g/mol. The molecule has 1 aromatic heterocycles. The van der Waals surface area contributed by atoms with Crippen molar-refractivity contribution in [1.82, 2.24) is 4.98 Å². The normalized spacial score (nSPS) is 17.0. The van der Waals surface area contributed by atoms with Gasteiger partial charge in [0, 0.05) is 25.3 Å². The summed E-state index contributed by atoms with van der Waals surface area (Å²) in [5.74, 6) is 0.405. The Kier molecular flexibility index (Phi) is 5.32. The highest BCUT2D eigenvalue weighted by Gasteiger charge is 2.32. The Labute approximate surface area is 127 Å². The van der Waals surface area contributed by atoms with Crippen LogP contribution in [0.2, 0.25) is 5.02 Å². The van der Waals surface area contributed by atoms with Crippen molar-refractivity contribution in [2.24, 2.45) is 5.73 Å². The summed E-state index contributed by atoms with van der Waals surface area (Å²) in [6, 6.07) is 1.19. The van der Waals surface area contributed by atoms with Gasteiger partial charge in [-0.15, -0.1) is 0 Å². The molecule has 0 unspecified atom stereocenters. The van der Waals surface area contributed by atoms with Gasteiger partial charge in [-0.05, 0) is 18.9 Å². The highest BCUT2D eigenvalue weighted by Crippen LogP contribution is 2.35. The average Bonchev–Trinajstić information content (AvgIpc) is 2.45. The molecule has 0 amide bonds. The minimum absolute atomic E-state index is 0.0313. The van der Waals surface area contributed by atoms with Crippen LogP contribution >= 0.6 is 11.6 Å². The van der Waals surface area contributed by atoms with Gasteiger partial charge in [0.1, 0.15) is 5.82 Å². The summed E-state index contributed by atoms with van der Waals surface area (Å²) in [6.45, 7) is 0.957. The molecular weight excluding hydrogens is 303 g/mol. The number of aromatic nitrogens is 1. The summed E-state index contributed by atoms with van der Waals surface area (Å²) < 4.78 is 38.0. The van der Waals surface area contributed by atoms with E-state index in [4.69, 9.17) is 17.3 Å². The largest absolute Gasteiger partial charge is 0.417 e. The quantitative estimate of drug-likeness (QED) is 0.916. The molecule has 1 aromatic rings. The van der Waals surface area contributed by atoms with Crippen LogP contribution in [0.15, 0.2) is 12.3 Å². The molecule has 1 saturated carbocycles. The first-order valence-corrected chi connectivity index (χ1v) is 7.50. The maximum absolute atomic E-state index is 12.7. The maximum Gasteiger partial charge on any atom is 0.417 e. The van der Waals surface area contributed by atoms with Gasteiger partial charge < -0.3 is 10.6 Å². The van der Waals surface area contributed by atoms with Crippen molar-refractivity contribution >= 4 is 17.4 Å². The molecule has 7 heteroatoms. The SMILES string of the molecule is NCCN(c1ncc(C(F)(F)F)cc1Cl)C1CCCCC1. The van der Waals surface area contributed by atoms with Crippen LogP contribution in [0.3, 0.4) is 0 Å². The minimum atomic E-state index is -4.43. The lowest BCUT2D eigenvalue weighted by Gasteiger charge is -2.35. The van der Waals surface area contributed by atoms with Gasteiger partial charge in [0.2, 0.25) is 0 Å². The lowest BCUT2D eigenvalue weighted by molar-refractivity contribution is -0.137. The molecule has 2 rings (SSSR count). The Bertz CT molecular complexity index is 473. The van der Waals surface area contributed by atoms with Crippen LogP contribution < -0.4 is 10.6 Å². The number of nitrogens with zero attached hydrogens (tertiary/aromatic N) is 2. The van der Waals surface area contributed by atoms with Gasteiger partial charge in [0.15, 0.2) is 0 Å². The Balaban J connectivity index is 2.27. The molecule has 1 fully saturated rings. The zero-order valence-electron chi connectivity index (χ0n) is 11.7. The molecule has 1 aliphatic carbocycles. The lowest BCUT2D eigenvalue weighted by atomic mass is 9.94. The average molecular weight is 322 g/mol. The van der Waals surface area contributed by atoms with E-state index in [0.717, 1.165) is 37.9 Å². The molecular formula is C14H19ClF3N3. The third-order valence-corrected chi connectivity index (χ3v) is 4.08. The molecule has 1 heterocycles. The molecule has 2 N–H and O–H groups in total. The molecule has 0 aromatic carbocycles. The minimum Gasteiger partial charge on any atom is -0.351 e. The van der Waals surface area contributed by atoms with Gasteiger partial charge in [-0.3, -0.25) is 0 Å². The second kappa shape index (κ2) is 6.83. The van der Waals surface area contributed by atoms with Crippen molar-refractivity contribution in [2.45, 2.75) is 44.3 Å².